The molecule has 0 fully saturated rings. The van der Waals surface area contributed by atoms with Crippen molar-refractivity contribution in [2.24, 2.45) is 0 Å². The Morgan fingerprint density at radius 1 is 0.481 bits per heavy atom. The molecule has 0 aromatic rings. The predicted octanol–water partition coefficient (Wildman–Crippen LogP) is 8.29. The van der Waals surface area contributed by atoms with Gasteiger partial charge in [0.25, 0.3) is 0 Å². The number of unbranched alkanes of at least 4 members (excludes halogenated alkanes) is 20. The molecule has 0 saturated heterocycles. The van der Waals surface area contributed by atoms with Crippen LogP contribution in [0.15, 0.2) is 0 Å². The van der Waals surface area contributed by atoms with E-state index in [1.807, 2.05) is 0 Å². The van der Waals surface area contributed by atoms with Gasteiger partial charge in [0.2, 0.25) is 0 Å². The smallest absolute Gasteiger partial charge is 0.303 e. The third-order valence-corrected chi connectivity index (χ3v) is 5.49. The first kappa shape index (κ1) is 30.3. The van der Waals surface area contributed by atoms with E-state index in [1.54, 1.807) is 0 Å². The van der Waals surface area contributed by atoms with E-state index in [2.05, 4.69) is 6.92 Å². The molecule has 1 N–H and O–H groups in total. The summed E-state index contributed by atoms with van der Waals surface area (Å²) in [5.74, 6) is -0.650. The number of carbonyl (C=O) groups is 1. The fraction of sp³-hybridized carbons (Fsp3) is 0.958. The van der Waals surface area contributed by atoms with Crippen molar-refractivity contribution in [1.29, 1.82) is 0 Å². The minimum absolute atomic E-state index is 0. The van der Waals surface area contributed by atoms with Gasteiger partial charge in [0.15, 0.2) is 0 Å². The van der Waals surface area contributed by atoms with Crippen LogP contribution in [0.3, 0.4) is 0 Å². The zero-order valence-electron chi connectivity index (χ0n) is 18.9. The molecule has 0 unspecified atom stereocenters. The largest absolute Gasteiger partial charge is 0.481 e. The molecule has 0 amide bonds. The van der Waals surface area contributed by atoms with Crippen LogP contribution < -0.4 is 0 Å². The minimum atomic E-state index is -0.650. The van der Waals surface area contributed by atoms with E-state index in [0.717, 1.165) is 12.8 Å². The number of hydrogen-bond donors (Lipinski definition) is 1. The maximum absolute atomic E-state index is 10.4. The molecule has 0 bridgehead atoms. The predicted molar refractivity (Wildman–Crippen MR) is 121 cm³/mol. The second-order valence-corrected chi connectivity index (χ2v) is 8.21. The summed E-state index contributed by atoms with van der Waals surface area (Å²) in [6.45, 7) is 2.29. The normalized spacial score (nSPS) is 10.7. The van der Waals surface area contributed by atoms with Gasteiger partial charge < -0.3 is 5.11 Å². The van der Waals surface area contributed by atoms with Crippen LogP contribution >= 0.6 is 0 Å². The molecule has 0 saturated carbocycles. The zero-order valence-corrected chi connectivity index (χ0v) is 22.0. The van der Waals surface area contributed by atoms with Crippen LogP contribution in [0.1, 0.15) is 148 Å². The first-order valence-corrected chi connectivity index (χ1v) is 12.0. The molecule has 0 spiro atoms. The van der Waals surface area contributed by atoms with Gasteiger partial charge in [-0.05, 0) is 6.42 Å². The number of carboxylic acids is 1. The Balaban J connectivity index is 0. The molecule has 3 heteroatoms. The molecular formula is C24H48KO2. The second-order valence-electron chi connectivity index (χ2n) is 8.21. The molecule has 2 nitrogen and oxygen atoms in total. The number of aliphatic carboxylic acids is 1. The maximum atomic E-state index is 10.4. The third kappa shape index (κ3) is 29.4. The molecule has 157 valence electrons. The Morgan fingerprint density at radius 2 is 0.704 bits per heavy atom. The van der Waals surface area contributed by atoms with Gasteiger partial charge in [-0.1, -0.05) is 135 Å². The summed E-state index contributed by atoms with van der Waals surface area (Å²) < 4.78 is 0. The van der Waals surface area contributed by atoms with E-state index in [9.17, 15) is 4.79 Å². The van der Waals surface area contributed by atoms with Gasteiger partial charge in [0, 0.05) is 57.8 Å². The van der Waals surface area contributed by atoms with Crippen molar-refractivity contribution in [2.75, 3.05) is 0 Å². The van der Waals surface area contributed by atoms with Gasteiger partial charge in [-0.25, -0.2) is 0 Å². The van der Waals surface area contributed by atoms with Crippen LogP contribution in [0.4, 0.5) is 0 Å². The van der Waals surface area contributed by atoms with Crippen LogP contribution in [0.25, 0.3) is 0 Å². The molecule has 27 heavy (non-hydrogen) atoms. The molecule has 0 aliphatic rings. The third-order valence-electron chi connectivity index (χ3n) is 5.49. The summed E-state index contributed by atoms with van der Waals surface area (Å²) in [7, 11) is 0. The Morgan fingerprint density at radius 3 is 0.926 bits per heavy atom. The van der Waals surface area contributed by atoms with Crippen molar-refractivity contribution in [1.82, 2.24) is 0 Å². The van der Waals surface area contributed by atoms with Crippen LogP contribution in [0.2, 0.25) is 0 Å². The Labute approximate surface area is 213 Å². The van der Waals surface area contributed by atoms with E-state index in [0.29, 0.717) is 6.42 Å². The van der Waals surface area contributed by atoms with Gasteiger partial charge in [-0.3, -0.25) is 4.79 Å². The molecule has 0 heterocycles. The standard InChI is InChI=1S/C24H48O2.K/c1-2-3-4-5-6-7-8-9-10-11-12-13-14-15-16-17-18-19-20-21-22-23-24(25)26;/h2-23H2,1H3,(H,25,26);. The molecule has 0 rings (SSSR count). The molecule has 0 atom stereocenters. The number of rotatable bonds is 22. The van der Waals surface area contributed by atoms with Gasteiger partial charge in [0.05, 0.1) is 0 Å². The van der Waals surface area contributed by atoms with Crippen molar-refractivity contribution in [3.8, 4) is 0 Å². The van der Waals surface area contributed by atoms with Crippen molar-refractivity contribution in [2.45, 2.75) is 148 Å². The monoisotopic (exact) mass is 407 g/mol. The molecule has 0 aliphatic heterocycles. The zero-order chi connectivity index (χ0) is 19.1. The van der Waals surface area contributed by atoms with Crippen molar-refractivity contribution in [3.05, 3.63) is 0 Å². The average molecular weight is 408 g/mol. The van der Waals surface area contributed by atoms with Gasteiger partial charge in [-0.15, -0.1) is 0 Å². The summed E-state index contributed by atoms with van der Waals surface area (Å²) in [5.41, 5.74) is 0. The number of hydrogen-bond acceptors (Lipinski definition) is 1. The van der Waals surface area contributed by atoms with Crippen molar-refractivity contribution < 1.29 is 9.90 Å². The fourth-order valence-corrected chi connectivity index (χ4v) is 3.71. The summed E-state index contributed by atoms with van der Waals surface area (Å²) in [4.78, 5) is 10.4. The quantitative estimate of drug-likeness (QED) is 0.145. The summed E-state index contributed by atoms with van der Waals surface area (Å²) in [6.07, 6.45) is 29.1. The SMILES string of the molecule is CCCCCCCCCCCCCCCCCCCCCCCC(=O)O.[K]. The van der Waals surface area contributed by atoms with E-state index in [1.165, 1.54) is 122 Å². The van der Waals surface area contributed by atoms with Gasteiger partial charge >= 0.3 is 5.97 Å². The van der Waals surface area contributed by atoms with E-state index >= 15 is 0 Å². The van der Waals surface area contributed by atoms with E-state index < -0.39 is 5.97 Å². The van der Waals surface area contributed by atoms with Crippen LogP contribution in [-0.2, 0) is 4.79 Å². The number of carboxylic acid groups (broad SMARTS) is 1. The Kier molecular flexibility index (Phi) is 30.4. The van der Waals surface area contributed by atoms with Crippen LogP contribution in [-0.4, -0.2) is 62.5 Å². The Hall–Kier alpha value is 1.11. The first-order chi connectivity index (χ1) is 12.8. The van der Waals surface area contributed by atoms with Crippen LogP contribution in [0, 0.1) is 0 Å². The molecule has 0 aromatic heterocycles. The minimum Gasteiger partial charge on any atom is -0.481 e. The maximum Gasteiger partial charge on any atom is 0.303 e. The van der Waals surface area contributed by atoms with Crippen molar-refractivity contribution in [3.63, 3.8) is 0 Å². The Bertz CT molecular complexity index is 282. The first-order valence-electron chi connectivity index (χ1n) is 12.0. The molecule has 0 aromatic carbocycles. The molecule has 0 aliphatic carbocycles. The fourth-order valence-electron chi connectivity index (χ4n) is 3.71. The summed E-state index contributed by atoms with van der Waals surface area (Å²) >= 11 is 0. The van der Waals surface area contributed by atoms with Gasteiger partial charge in [0.1, 0.15) is 0 Å². The molecular weight excluding hydrogens is 359 g/mol. The van der Waals surface area contributed by atoms with Crippen molar-refractivity contribution >= 4 is 57.4 Å². The second kappa shape index (κ2) is 27.1. The summed E-state index contributed by atoms with van der Waals surface area (Å²) in [5, 5.41) is 8.57. The molecule has 1 radical (unpaired) electrons. The average Bonchev–Trinajstić information content (AvgIpc) is 2.62. The van der Waals surface area contributed by atoms with Gasteiger partial charge in [-0.2, -0.15) is 0 Å². The van der Waals surface area contributed by atoms with Crippen LogP contribution in [0.5, 0.6) is 0 Å². The summed E-state index contributed by atoms with van der Waals surface area (Å²) in [6, 6.07) is 0. The van der Waals surface area contributed by atoms with E-state index in [-0.39, 0.29) is 51.4 Å². The topological polar surface area (TPSA) is 37.3 Å². The van der Waals surface area contributed by atoms with E-state index in [4.69, 9.17) is 5.11 Å².